The van der Waals surface area contributed by atoms with E-state index in [1.807, 2.05) is 53.1 Å². The number of fused-ring (bicyclic) bond motifs is 1. The molecule has 0 aliphatic heterocycles. The molecule has 0 saturated heterocycles. The largest absolute Gasteiger partial charge is 0.497 e. The molecule has 1 amide bonds. The molecule has 0 saturated carbocycles. The molecular weight excluding hydrogens is 336 g/mol. The maximum atomic E-state index is 11.9. The standard InChI is InChI=1S/C18H20N4O2S/c1-24-14-5-7-15(8-6-14)25-13-10-18(23)19-11-9-17-21-20-16-4-2-3-12-22(16)17/h2-8,12H,9-11,13H2,1H3,(H,19,23). The van der Waals surface area contributed by atoms with Gasteiger partial charge in [0.25, 0.3) is 0 Å². The number of benzene rings is 1. The zero-order valence-corrected chi connectivity index (χ0v) is 14.8. The molecule has 0 aliphatic carbocycles. The van der Waals surface area contributed by atoms with Gasteiger partial charge in [0.1, 0.15) is 11.6 Å². The number of amides is 1. The molecule has 0 atom stereocenters. The van der Waals surface area contributed by atoms with E-state index >= 15 is 0 Å². The van der Waals surface area contributed by atoms with Crippen molar-refractivity contribution in [1.29, 1.82) is 0 Å². The Morgan fingerprint density at radius 1 is 1.20 bits per heavy atom. The second-order valence-electron chi connectivity index (χ2n) is 5.42. The van der Waals surface area contributed by atoms with Crippen LogP contribution in [0.5, 0.6) is 5.75 Å². The van der Waals surface area contributed by atoms with Crippen LogP contribution in [-0.2, 0) is 11.2 Å². The van der Waals surface area contributed by atoms with Crippen LogP contribution in [-0.4, -0.2) is 39.9 Å². The number of nitrogens with zero attached hydrogens (tertiary/aromatic N) is 3. The molecule has 0 aliphatic rings. The molecule has 3 rings (SSSR count). The Kier molecular flexibility index (Phi) is 5.90. The molecule has 7 heteroatoms. The van der Waals surface area contributed by atoms with Crippen molar-refractivity contribution >= 4 is 23.3 Å². The van der Waals surface area contributed by atoms with E-state index in [1.165, 1.54) is 0 Å². The van der Waals surface area contributed by atoms with Crippen LogP contribution >= 0.6 is 11.8 Å². The van der Waals surface area contributed by atoms with Gasteiger partial charge in [-0.2, -0.15) is 0 Å². The van der Waals surface area contributed by atoms with Crippen LogP contribution in [0.2, 0.25) is 0 Å². The molecule has 0 spiro atoms. The van der Waals surface area contributed by atoms with E-state index in [2.05, 4.69) is 15.5 Å². The van der Waals surface area contributed by atoms with Crippen LogP contribution in [0.3, 0.4) is 0 Å². The number of hydrogen-bond acceptors (Lipinski definition) is 5. The monoisotopic (exact) mass is 356 g/mol. The Morgan fingerprint density at radius 3 is 2.84 bits per heavy atom. The maximum absolute atomic E-state index is 11.9. The predicted molar refractivity (Wildman–Crippen MR) is 98.0 cm³/mol. The topological polar surface area (TPSA) is 68.5 Å². The van der Waals surface area contributed by atoms with Crippen molar-refractivity contribution < 1.29 is 9.53 Å². The van der Waals surface area contributed by atoms with Crippen LogP contribution < -0.4 is 10.1 Å². The number of carbonyl (C=O) groups is 1. The van der Waals surface area contributed by atoms with Gasteiger partial charge in [-0.3, -0.25) is 9.20 Å². The second kappa shape index (κ2) is 8.53. The lowest BCUT2D eigenvalue weighted by Crippen LogP contribution is -2.26. The van der Waals surface area contributed by atoms with Crippen LogP contribution in [0.25, 0.3) is 5.65 Å². The Balaban J connectivity index is 1.38. The molecular formula is C18H20N4O2S. The summed E-state index contributed by atoms with van der Waals surface area (Å²) in [5.74, 6) is 2.48. The first-order valence-electron chi connectivity index (χ1n) is 8.08. The highest BCUT2D eigenvalue weighted by Gasteiger charge is 2.06. The molecule has 0 fully saturated rings. The molecule has 0 radical (unpaired) electrons. The lowest BCUT2D eigenvalue weighted by Gasteiger charge is -2.05. The third-order valence-electron chi connectivity index (χ3n) is 3.71. The minimum Gasteiger partial charge on any atom is -0.497 e. The minimum atomic E-state index is 0.0508. The Morgan fingerprint density at radius 2 is 2.04 bits per heavy atom. The summed E-state index contributed by atoms with van der Waals surface area (Å²) >= 11 is 1.66. The number of carbonyl (C=O) groups excluding carboxylic acids is 1. The van der Waals surface area contributed by atoms with Crippen molar-refractivity contribution in [2.45, 2.75) is 17.7 Å². The third kappa shape index (κ3) is 4.73. The van der Waals surface area contributed by atoms with Crippen molar-refractivity contribution in [1.82, 2.24) is 19.9 Å². The Bertz CT molecular complexity index is 832. The summed E-state index contributed by atoms with van der Waals surface area (Å²) in [5.41, 5.74) is 0.819. The zero-order valence-electron chi connectivity index (χ0n) is 14.0. The van der Waals surface area contributed by atoms with Gasteiger partial charge in [-0.1, -0.05) is 6.07 Å². The zero-order chi connectivity index (χ0) is 17.5. The van der Waals surface area contributed by atoms with Gasteiger partial charge in [-0.05, 0) is 36.4 Å². The van der Waals surface area contributed by atoms with Gasteiger partial charge in [0.05, 0.1) is 7.11 Å². The van der Waals surface area contributed by atoms with Gasteiger partial charge in [-0.15, -0.1) is 22.0 Å². The number of nitrogens with one attached hydrogen (secondary N) is 1. The molecule has 0 bridgehead atoms. The van der Waals surface area contributed by atoms with E-state index in [4.69, 9.17) is 4.74 Å². The van der Waals surface area contributed by atoms with Crippen molar-refractivity contribution in [2.24, 2.45) is 0 Å². The van der Waals surface area contributed by atoms with Crippen LogP contribution in [0, 0.1) is 0 Å². The number of methoxy groups -OCH3 is 1. The summed E-state index contributed by atoms with van der Waals surface area (Å²) in [6.07, 6.45) is 3.07. The predicted octanol–water partition coefficient (Wildman–Crippen LogP) is 2.58. The smallest absolute Gasteiger partial charge is 0.220 e. The van der Waals surface area contributed by atoms with E-state index in [-0.39, 0.29) is 5.91 Å². The van der Waals surface area contributed by atoms with E-state index < -0.39 is 0 Å². The van der Waals surface area contributed by atoms with Gasteiger partial charge in [0.2, 0.25) is 5.91 Å². The first kappa shape index (κ1) is 17.3. The molecule has 6 nitrogen and oxygen atoms in total. The van der Waals surface area contributed by atoms with Gasteiger partial charge < -0.3 is 10.1 Å². The highest BCUT2D eigenvalue weighted by atomic mass is 32.2. The Hall–Kier alpha value is -2.54. The number of aromatic nitrogens is 3. The van der Waals surface area contributed by atoms with Gasteiger partial charge in [0.15, 0.2) is 5.65 Å². The summed E-state index contributed by atoms with van der Waals surface area (Å²) in [6.45, 7) is 0.557. The average Bonchev–Trinajstić information content (AvgIpc) is 3.06. The number of thioether (sulfide) groups is 1. The minimum absolute atomic E-state index is 0.0508. The van der Waals surface area contributed by atoms with E-state index in [1.54, 1.807) is 18.9 Å². The summed E-state index contributed by atoms with van der Waals surface area (Å²) < 4.78 is 7.07. The average molecular weight is 356 g/mol. The fraction of sp³-hybridized carbons (Fsp3) is 0.278. The highest BCUT2D eigenvalue weighted by Crippen LogP contribution is 2.21. The molecule has 3 aromatic rings. The van der Waals surface area contributed by atoms with Crippen LogP contribution in [0.4, 0.5) is 0 Å². The number of rotatable bonds is 8. The summed E-state index contributed by atoms with van der Waals surface area (Å²) in [4.78, 5) is 13.1. The van der Waals surface area contributed by atoms with E-state index in [0.29, 0.717) is 19.4 Å². The first-order chi connectivity index (χ1) is 12.3. The molecule has 25 heavy (non-hydrogen) atoms. The molecule has 130 valence electrons. The van der Waals surface area contributed by atoms with Gasteiger partial charge in [0, 0.05) is 36.2 Å². The molecule has 1 aromatic carbocycles. The maximum Gasteiger partial charge on any atom is 0.220 e. The van der Waals surface area contributed by atoms with Crippen molar-refractivity contribution in [3.05, 3.63) is 54.5 Å². The molecule has 2 heterocycles. The third-order valence-corrected chi connectivity index (χ3v) is 4.73. The van der Waals surface area contributed by atoms with Crippen molar-refractivity contribution in [3.63, 3.8) is 0 Å². The lowest BCUT2D eigenvalue weighted by molar-refractivity contribution is -0.120. The van der Waals surface area contributed by atoms with E-state index in [0.717, 1.165) is 27.9 Å². The van der Waals surface area contributed by atoms with E-state index in [9.17, 15) is 4.79 Å². The highest BCUT2D eigenvalue weighted by molar-refractivity contribution is 7.99. The summed E-state index contributed by atoms with van der Waals surface area (Å²) in [5, 5.41) is 11.2. The number of ether oxygens (including phenoxy) is 1. The van der Waals surface area contributed by atoms with Crippen LogP contribution in [0.1, 0.15) is 12.2 Å². The molecule has 0 unspecified atom stereocenters. The quantitative estimate of drug-likeness (QED) is 0.628. The first-order valence-corrected chi connectivity index (χ1v) is 9.07. The molecule has 1 N–H and O–H groups in total. The number of hydrogen-bond donors (Lipinski definition) is 1. The summed E-state index contributed by atoms with van der Waals surface area (Å²) in [7, 11) is 1.65. The summed E-state index contributed by atoms with van der Waals surface area (Å²) in [6, 6.07) is 13.6. The van der Waals surface area contributed by atoms with Crippen molar-refractivity contribution in [2.75, 3.05) is 19.4 Å². The van der Waals surface area contributed by atoms with Crippen molar-refractivity contribution in [3.8, 4) is 5.75 Å². The second-order valence-corrected chi connectivity index (χ2v) is 6.59. The molecule has 2 aromatic heterocycles. The fourth-order valence-corrected chi connectivity index (χ4v) is 3.25. The van der Waals surface area contributed by atoms with Gasteiger partial charge >= 0.3 is 0 Å². The normalized spacial score (nSPS) is 10.8. The van der Waals surface area contributed by atoms with Crippen LogP contribution in [0.15, 0.2) is 53.6 Å². The SMILES string of the molecule is COc1ccc(SCCC(=O)NCCc2nnc3ccccn23)cc1. The number of pyridine rings is 1. The lowest BCUT2D eigenvalue weighted by atomic mass is 10.3. The van der Waals surface area contributed by atoms with Gasteiger partial charge in [-0.25, -0.2) is 0 Å². The fourth-order valence-electron chi connectivity index (χ4n) is 2.40. The Labute approximate surface area is 150 Å².